The molecule has 2 heteroatoms. The molecular formula is C10H8Br2. The molecule has 1 rings (SSSR count). The molecule has 1 aromatic carbocycles. The van der Waals surface area contributed by atoms with Gasteiger partial charge in [-0.1, -0.05) is 50.6 Å². The van der Waals surface area contributed by atoms with Crippen molar-refractivity contribution in [3.8, 4) is 0 Å². The standard InChI is InChI=1S/C10H8Br2/c1-2-8(7-11)9-3-5-10(12)6-4-9/h3-6H,1,7H2. The van der Waals surface area contributed by atoms with Gasteiger partial charge in [-0.15, -0.1) is 5.73 Å². The molecule has 0 heterocycles. The molecule has 0 unspecified atom stereocenters. The number of halogens is 2. The summed E-state index contributed by atoms with van der Waals surface area (Å²) in [5.74, 6) is 0. The van der Waals surface area contributed by atoms with Gasteiger partial charge in [-0.05, 0) is 17.7 Å². The highest BCUT2D eigenvalue weighted by Gasteiger charge is 1.97. The molecule has 0 saturated carbocycles. The topological polar surface area (TPSA) is 0 Å². The van der Waals surface area contributed by atoms with Crippen LogP contribution in [0, 0.1) is 0 Å². The Hall–Kier alpha value is -0.300. The van der Waals surface area contributed by atoms with Crippen LogP contribution in [-0.4, -0.2) is 5.33 Å². The first-order valence-corrected chi connectivity index (χ1v) is 5.40. The van der Waals surface area contributed by atoms with E-state index < -0.39 is 0 Å². The van der Waals surface area contributed by atoms with Crippen LogP contribution in [0.2, 0.25) is 0 Å². The van der Waals surface area contributed by atoms with Crippen LogP contribution < -0.4 is 0 Å². The lowest BCUT2D eigenvalue weighted by Crippen LogP contribution is -1.82. The van der Waals surface area contributed by atoms with Crippen LogP contribution in [0.1, 0.15) is 5.56 Å². The van der Waals surface area contributed by atoms with E-state index in [1.165, 1.54) is 0 Å². The van der Waals surface area contributed by atoms with Gasteiger partial charge in [-0.2, -0.15) is 0 Å². The summed E-state index contributed by atoms with van der Waals surface area (Å²) in [7, 11) is 0. The van der Waals surface area contributed by atoms with Gasteiger partial charge in [-0.25, -0.2) is 0 Å². The fourth-order valence-corrected chi connectivity index (χ4v) is 1.66. The van der Waals surface area contributed by atoms with E-state index in [-0.39, 0.29) is 0 Å². The lowest BCUT2D eigenvalue weighted by atomic mass is 10.1. The summed E-state index contributed by atoms with van der Waals surface area (Å²) in [6.45, 7) is 3.63. The Morgan fingerprint density at radius 3 is 2.33 bits per heavy atom. The zero-order valence-corrected chi connectivity index (χ0v) is 9.65. The van der Waals surface area contributed by atoms with E-state index in [0.29, 0.717) is 0 Å². The summed E-state index contributed by atoms with van der Waals surface area (Å²) in [6.07, 6.45) is 0. The fraction of sp³-hybridized carbons (Fsp3) is 0.100. The maximum atomic E-state index is 3.63. The molecule has 0 fully saturated rings. The number of rotatable bonds is 2. The Balaban J connectivity index is 3.04. The average molecular weight is 288 g/mol. The minimum absolute atomic E-state index is 0.790. The minimum Gasteiger partial charge on any atom is -0.124 e. The molecule has 1 aromatic rings. The lowest BCUT2D eigenvalue weighted by molar-refractivity contribution is 1.56. The Labute approximate surface area is 89.2 Å². The molecule has 0 saturated heterocycles. The summed E-state index contributed by atoms with van der Waals surface area (Å²) in [5.41, 5.74) is 5.14. The smallest absolute Gasteiger partial charge is 0.0362 e. The van der Waals surface area contributed by atoms with Gasteiger partial charge in [0.25, 0.3) is 0 Å². The van der Waals surface area contributed by atoms with E-state index in [9.17, 15) is 0 Å². The quantitative estimate of drug-likeness (QED) is 0.569. The largest absolute Gasteiger partial charge is 0.124 e. The van der Waals surface area contributed by atoms with Gasteiger partial charge >= 0.3 is 0 Å². The van der Waals surface area contributed by atoms with Crippen LogP contribution in [0.3, 0.4) is 0 Å². The third kappa shape index (κ3) is 2.34. The molecule has 0 amide bonds. The monoisotopic (exact) mass is 286 g/mol. The van der Waals surface area contributed by atoms with E-state index in [1.54, 1.807) is 0 Å². The molecule has 0 aromatic heterocycles. The van der Waals surface area contributed by atoms with Crippen molar-refractivity contribution in [1.29, 1.82) is 0 Å². The van der Waals surface area contributed by atoms with E-state index in [4.69, 9.17) is 0 Å². The normalized spacial score (nSPS) is 9.17. The van der Waals surface area contributed by atoms with E-state index in [0.717, 1.165) is 20.9 Å². The van der Waals surface area contributed by atoms with E-state index >= 15 is 0 Å². The molecule has 0 radical (unpaired) electrons. The van der Waals surface area contributed by atoms with Gasteiger partial charge in [0.1, 0.15) is 0 Å². The lowest BCUT2D eigenvalue weighted by Gasteiger charge is -1.99. The van der Waals surface area contributed by atoms with Crippen LogP contribution >= 0.6 is 31.9 Å². The second-order valence-electron chi connectivity index (χ2n) is 2.30. The van der Waals surface area contributed by atoms with Gasteiger partial charge in [0.15, 0.2) is 0 Å². The Kier molecular flexibility index (Phi) is 3.80. The van der Waals surface area contributed by atoms with Crippen molar-refractivity contribution in [2.24, 2.45) is 0 Å². The number of benzene rings is 1. The minimum atomic E-state index is 0.790. The summed E-state index contributed by atoms with van der Waals surface area (Å²) in [6, 6.07) is 8.10. The van der Waals surface area contributed by atoms with Crippen molar-refractivity contribution in [2.45, 2.75) is 0 Å². The van der Waals surface area contributed by atoms with Gasteiger partial charge in [0.05, 0.1) is 0 Å². The first-order chi connectivity index (χ1) is 5.77. The maximum absolute atomic E-state index is 3.63. The molecular weight excluding hydrogens is 280 g/mol. The van der Waals surface area contributed by atoms with Crippen LogP contribution in [0.4, 0.5) is 0 Å². The summed E-state index contributed by atoms with van der Waals surface area (Å²) in [5, 5.41) is 0.790. The maximum Gasteiger partial charge on any atom is 0.0362 e. The van der Waals surface area contributed by atoms with E-state index in [1.807, 2.05) is 24.3 Å². The molecule has 0 bridgehead atoms. The molecule has 0 aliphatic heterocycles. The highest BCUT2D eigenvalue weighted by atomic mass is 79.9. The number of allylic oxidation sites excluding steroid dienone is 1. The van der Waals surface area contributed by atoms with Crippen molar-refractivity contribution in [3.05, 3.63) is 46.6 Å². The van der Waals surface area contributed by atoms with Gasteiger partial charge in [0.2, 0.25) is 0 Å². The molecule has 0 nitrogen and oxygen atoms in total. The molecule has 0 N–H and O–H groups in total. The summed E-state index contributed by atoms with van der Waals surface area (Å²) < 4.78 is 1.09. The second kappa shape index (κ2) is 4.66. The second-order valence-corrected chi connectivity index (χ2v) is 3.77. The third-order valence-corrected chi connectivity index (χ3v) is 2.63. The van der Waals surface area contributed by atoms with Crippen LogP contribution in [0.15, 0.2) is 41.0 Å². The molecule has 0 aliphatic carbocycles. The van der Waals surface area contributed by atoms with Crippen LogP contribution in [0.25, 0.3) is 5.57 Å². The Morgan fingerprint density at radius 1 is 1.33 bits per heavy atom. The Bertz CT molecular complexity index is 305. The SMILES string of the molecule is C=C=C(CBr)c1ccc(Br)cc1. The molecule has 0 atom stereocenters. The molecule has 0 spiro atoms. The van der Waals surface area contributed by atoms with Crippen molar-refractivity contribution in [1.82, 2.24) is 0 Å². The van der Waals surface area contributed by atoms with Crippen LogP contribution in [-0.2, 0) is 0 Å². The first kappa shape index (κ1) is 9.79. The van der Waals surface area contributed by atoms with Crippen LogP contribution in [0.5, 0.6) is 0 Å². The summed E-state index contributed by atoms with van der Waals surface area (Å²) >= 11 is 6.76. The van der Waals surface area contributed by atoms with E-state index in [2.05, 4.69) is 44.2 Å². The molecule has 12 heavy (non-hydrogen) atoms. The van der Waals surface area contributed by atoms with Gasteiger partial charge in [-0.3, -0.25) is 0 Å². The van der Waals surface area contributed by atoms with Gasteiger partial charge < -0.3 is 0 Å². The fourth-order valence-electron chi connectivity index (χ4n) is 0.878. The average Bonchev–Trinajstić information content (AvgIpc) is 2.10. The number of hydrogen-bond acceptors (Lipinski definition) is 0. The van der Waals surface area contributed by atoms with Crippen molar-refractivity contribution >= 4 is 37.4 Å². The third-order valence-electron chi connectivity index (χ3n) is 1.54. The zero-order valence-electron chi connectivity index (χ0n) is 6.48. The van der Waals surface area contributed by atoms with Crippen molar-refractivity contribution < 1.29 is 0 Å². The number of alkyl halides is 1. The highest BCUT2D eigenvalue weighted by Crippen LogP contribution is 2.18. The molecule has 0 aliphatic rings. The summed E-state index contributed by atoms with van der Waals surface area (Å²) in [4.78, 5) is 0. The molecule has 62 valence electrons. The Morgan fingerprint density at radius 2 is 1.92 bits per heavy atom. The number of hydrogen-bond donors (Lipinski definition) is 0. The zero-order chi connectivity index (χ0) is 8.97. The predicted octanol–water partition coefficient (Wildman–Crippen LogP) is 4.01. The van der Waals surface area contributed by atoms with Gasteiger partial charge in [0, 0.05) is 15.4 Å². The predicted molar refractivity (Wildman–Crippen MR) is 60.5 cm³/mol. The van der Waals surface area contributed by atoms with Crippen molar-refractivity contribution in [3.63, 3.8) is 0 Å². The first-order valence-electron chi connectivity index (χ1n) is 3.48. The highest BCUT2D eigenvalue weighted by molar-refractivity contribution is 9.10. The van der Waals surface area contributed by atoms with Crippen molar-refractivity contribution in [2.75, 3.05) is 5.33 Å².